The smallest absolute Gasteiger partial charge is 0.335 e. The lowest BCUT2D eigenvalue weighted by Crippen LogP contribution is -2.04. The molecule has 3 aromatic rings. The average molecular weight is 287 g/mol. The molecule has 0 aliphatic heterocycles. The van der Waals surface area contributed by atoms with Crippen LogP contribution in [0, 0.1) is 11.6 Å². The molecule has 0 spiro atoms. The number of aromatic carboxylic acids is 1. The molecule has 106 valence electrons. The Labute approximate surface area is 119 Å². The molecule has 1 aromatic heterocycles. The van der Waals surface area contributed by atoms with Gasteiger partial charge in [-0.3, -0.25) is 0 Å². The van der Waals surface area contributed by atoms with Gasteiger partial charge in [0, 0.05) is 17.3 Å². The first-order chi connectivity index (χ1) is 10.1. The second kappa shape index (κ2) is 5.01. The molecule has 1 heterocycles. The minimum Gasteiger partial charge on any atom is -0.478 e. The maximum absolute atomic E-state index is 13.7. The fraction of sp³-hybridized carbons (Fsp3) is 0.0625. The highest BCUT2D eigenvalue weighted by Crippen LogP contribution is 2.21. The monoisotopic (exact) mass is 287 g/mol. The molecule has 0 aliphatic rings. The zero-order valence-electron chi connectivity index (χ0n) is 10.9. The molecular weight excluding hydrogens is 276 g/mol. The number of carboxylic acid groups (broad SMARTS) is 1. The third kappa shape index (κ3) is 2.38. The Balaban J connectivity index is 2.08. The maximum atomic E-state index is 13.7. The van der Waals surface area contributed by atoms with Crippen molar-refractivity contribution in [2.75, 3.05) is 0 Å². The van der Waals surface area contributed by atoms with Gasteiger partial charge in [0.05, 0.1) is 12.1 Å². The molecule has 2 aromatic carbocycles. The van der Waals surface area contributed by atoms with E-state index in [4.69, 9.17) is 5.11 Å². The van der Waals surface area contributed by atoms with Crippen LogP contribution in [0.5, 0.6) is 0 Å². The molecule has 21 heavy (non-hydrogen) atoms. The summed E-state index contributed by atoms with van der Waals surface area (Å²) in [6.07, 6.45) is 1.68. The zero-order chi connectivity index (χ0) is 15.0. The first kappa shape index (κ1) is 13.3. The van der Waals surface area contributed by atoms with Gasteiger partial charge in [-0.05, 0) is 35.7 Å². The molecule has 0 atom stereocenters. The van der Waals surface area contributed by atoms with Crippen molar-refractivity contribution >= 4 is 16.9 Å². The molecule has 0 unspecified atom stereocenters. The van der Waals surface area contributed by atoms with Gasteiger partial charge in [-0.25, -0.2) is 13.6 Å². The Kier molecular flexibility index (Phi) is 3.17. The Hall–Kier alpha value is -2.69. The van der Waals surface area contributed by atoms with Gasteiger partial charge in [0.1, 0.15) is 11.6 Å². The number of hydrogen-bond acceptors (Lipinski definition) is 1. The molecule has 0 radical (unpaired) electrons. The number of benzene rings is 2. The zero-order valence-corrected chi connectivity index (χ0v) is 10.9. The third-order valence-corrected chi connectivity index (χ3v) is 3.41. The van der Waals surface area contributed by atoms with Crippen LogP contribution >= 0.6 is 0 Å². The molecule has 0 saturated carbocycles. The van der Waals surface area contributed by atoms with E-state index in [0.717, 1.165) is 5.39 Å². The van der Waals surface area contributed by atoms with Crippen LogP contribution in [0.15, 0.2) is 48.7 Å². The second-order valence-corrected chi connectivity index (χ2v) is 4.72. The quantitative estimate of drug-likeness (QED) is 0.798. The van der Waals surface area contributed by atoms with Crippen molar-refractivity contribution in [1.82, 2.24) is 4.57 Å². The molecule has 0 aliphatic carbocycles. The highest BCUT2D eigenvalue weighted by Gasteiger charge is 2.12. The largest absolute Gasteiger partial charge is 0.478 e. The maximum Gasteiger partial charge on any atom is 0.335 e. The number of fused-ring (bicyclic) bond motifs is 1. The van der Waals surface area contributed by atoms with Crippen molar-refractivity contribution in [3.8, 4) is 0 Å². The summed E-state index contributed by atoms with van der Waals surface area (Å²) in [6, 6.07) is 10.2. The summed E-state index contributed by atoms with van der Waals surface area (Å²) in [4.78, 5) is 11.0. The van der Waals surface area contributed by atoms with Gasteiger partial charge in [0.25, 0.3) is 0 Å². The molecule has 5 heteroatoms. The number of carbonyl (C=O) groups is 1. The highest BCUT2D eigenvalue weighted by atomic mass is 19.1. The fourth-order valence-electron chi connectivity index (χ4n) is 2.31. The van der Waals surface area contributed by atoms with Crippen LogP contribution in [0.3, 0.4) is 0 Å². The van der Waals surface area contributed by atoms with E-state index in [1.165, 1.54) is 30.3 Å². The summed E-state index contributed by atoms with van der Waals surface area (Å²) in [5, 5.41) is 9.84. The van der Waals surface area contributed by atoms with Crippen molar-refractivity contribution in [3.63, 3.8) is 0 Å². The first-order valence-electron chi connectivity index (χ1n) is 6.31. The normalized spacial score (nSPS) is 11.0. The van der Waals surface area contributed by atoms with Crippen molar-refractivity contribution in [3.05, 3.63) is 71.4 Å². The molecule has 1 N–H and O–H groups in total. The Bertz CT molecular complexity index is 819. The average Bonchev–Trinajstić information content (AvgIpc) is 2.85. The fourth-order valence-corrected chi connectivity index (χ4v) is 2.31. The summed E-state index contributed by atoms with van der Waals surface area (Å²) in [5.74, 6) is -2.28. The highest BCUT2D eigenvalue weighted by molar-refractivity contribution is 5.93. The van der Waals surface area contributed by atoms with Gasteiger partial charge in [-0.2, -0.15) is 0 Å². The molecule has 0 amide bonds. The summed E-state index contributed by atoms with van der Waals surface area (Å²) in [5.41, 5.74) is 0.713. The van der Waals surface area contributed by atoms with Gasteiger partial charge >= 0.3 is 5.97 Å². The SMILES string of the molecule is O=C(O)c1ccc2ccn(Cc3c(F)cccc3F)c2c1. The van der Waals surface area contributed by atoms with Crippen molar-refractivity contribution in [1.29, 1.82) is 0 Å². The molecule has 0 fully saturated rings. The van der Waals surface area contributed by atoms with E-state index in [1.54, 1.807) is 22.9 Å². The minimum absolute atomic E-state index is 0.00504. The van der Waals surface area contributed by atoms with Crippen LogP contribution in [0.1, 0.15) is 15.9 Å². The van der Waals surface area contributed by atoms with Gasteiger partial charge in [0.15, 0.2) is 0 Å². The van der Waals surface area contributed by atoms with E-state index in [0.29, 0.717) is 5.52 Å². The third-order valence-electron chi connectivity index (χ3n) is 3.41. The summed E-state index contributed by atoms with van der Waals surface area (Å²) in [6.45, 7) is 0.00504. The number of carboxylic acids is 1. The predicted octanol–water partition coefficient (Wildman–Crippen LogP) is 3.67. The summed E-state index contributed by atoms with van der Waals surface area (Å²) in [7, 11) is 0. The molecule has 0 bridgehead atoms. The van der Waals surface area contributed by atoms with E-state index in [9.17, 15) is 13.6 Å². The van der Waals surface area contributed by atoms with Gasteiger partial charge in [0.2, 0.25) is 0 Å². The summed E-state index contributed by atoms with van der Waals surface area (Å²) >= 11 is 0. The number of halogens is 2. The van der Waals surface area contributed by atoms with Crippen LogP contribution in [0.4, 0.5) is 8.78 Å². The lowest BCUT2D eigenvalue weighted by atomic mass is 10.1. The topological polar surface area (TPSA) is 42.2 Å². The lowest BCUT2D eigenvalue weighted by Gasteiger charge is -2.08. The Morgan fingerprint density at radius 3 is 2.48 bits per heavy atom. The van der Waals surface area contributed by atoms with E-state index in [1.807, 2.05) is 0 Å². The van der Waals surface area contributed by atoms with E-state index >= 15 is 0 Å². The Morgan fingerprint density at radius 1 is 1.10 bits per heavy atom. The standard InChI is InChI=1S/C16H11F2NO2/c17-13-2-1-3-14(18)12(13)9-19-7-6-10-4-5-11(16(20)21)8-15(10)19/h1-8H,9H2,(H,20,21). The summed E-state index contributed by atoms with van der Waals surface area (Å²) < 4.78 is 29.0. The van der Waals surface area contributed by atoms with Crippen LogP contribution in [-0.4, -0.2) is 15.6 Å². The molecule has 0 saturated heterocycles. The minimum atomic E-state index is -1.04. The van der Waals surface area contributed by atoms with Crippen molar-refractivity contribution < 1.29 is 18.7 Å². The van der Waals surface area contributed by atoms with Gasteiger partial charge in [-0.15, -0.1) is 0 Å². The molecule has 3 nitrogen and oxygen atoms in total. The van der Waals surface area contributed by atoms with Crippen LogP contribution in [0.25, 0.3) is 10.9 Å². The van der Waals surface area contributed by atoms with Gasteiger partial charge in [-0.1, -0.05) is 12.1 Å². The second-order valence-electron chi connectivity index (χ2n) is 4.72. The molecular formula is C16H11F2NO2. The number of nitrogens with zero attached hydrogens (tertiary/aromatic N) is 1. The van der Waals surface area contributed by atoms with Gasteiger partial charge < -0.3 is 9.67 Å². The van der Waals surface area contributed by atoms with Crippen LogP contribution in [-0.2, 0) is 6.54 Å². The van der Waals surface area contributed by atoms with E-state index in [2.05, 4.69) is 0 Å². The van der Waals surface area contributed by atoms with Crippen molar-refractivity contribution in [2.45, 2.75) is 6.54 Å². The lowest BCUT2D eigenvalue weighted by molar-refractivity contribution is 0.0697. The Morgan fingerprint density at radius 2 is 1.81 bits per heavy atom. The van der Waals surface area contributed by atoms with E-state index < -0.39 is 17.6 Å². The van der Waals surface area contributed by atoms with Crippen molar-refractivity contribution in [2.24, 2.45) is 0 Å². The van der Waals surface area contributed by atoms with Crippen LogP contribution < -0.4 is 0 Å². The van der Waals surface area contributed by atoms with E-state index in [-0.39, 0.29) is 17.7 Å². The number of hydrogen-bond donors (Lipinski definition) is 1. The predicted molar refractivity (Wildman–Crippen MR) is 74.4 cm³/mol. The first-order valence-corrected chi connectivity index (χ1v) is 6.31. The molecule has 3 rings (SSSR count). The number of rotatable bonds is 3. The van der Waals surface area contributed by atoms with Crippen LogP contribution in [0.2, 0.25) is 0 Å². The number of aromatic nitrogens is 1.